The fourth-order valence-corrected chi connectivity index (χ4v) is 0.582. The van der Waals surface area contributed by atoms with Gasteiger partial charge in [0.2, 0.25) is 0 Å². The van der Waals surface area contributed by atoms with Crippen molar-refractivity contribution in [3.8, 4) is 0 Å². The maximum absolute atomic E-state index is 3.98. The summed E-state index contributed by atoms with van der Waals surface area (Å²) in [5.41, 5.74) is 0. The largest absolute Gasteiger partial charge is 0.249 e. The van der Waals surface area contributed by atoms with Crippen LogP contribution in [0.15, 0.2) is 24.5 Å². The monoisotopic (exact) mass is 122 g/mol. The number of nitrogens with zero attached hydrogens (tertiary/aromatic N) is 2. The minimum absolute atomic E-state index is 1.06. The van der Waals surface area contributed by atoms with Crippen LogP contribution in [0.5, 0.6) is 0 Å². The second-order valence-electron chi connectivity index (χ2n) is 1.78. The van der Waals surface area contributed by atoms with Crippen LogP contribution in [0.4, 0.5) is 0 Å². The number of rotatable bonds is 2. The van der Waals surface area contributed by atoms with Gasteiger partial charge in [-0.15, -0.1) is 0 Å². The first-order chi connectivity index (χ1) is 4.43. The highest BCUT2D eigenvalue weighted by molar-refractivity contribution is 5.18. The third-order valence-electron chi connectivity index (χ3n) is 1.02. The van der Waals surface area contributed by atoms with E-state index in [0.717, 1.165) is 6.42 Å². The summed E-state index contributed by atoms with van der Waals surface area (Å²) >= 11 is 0. The molecule has 9 heavy (non-hydrogen) atoms. The fourth-order valence-electron chi connectivity index (χ4n) is 0.582. The highest BCUT2D eigenvalue weighted by Crippen LogP contribution is 1.86. The lowest BCUT2D eigenvalue weighted by molar-refractivity contribution is 0.930. The van der Waals surface area contributed by atoms with Gasteiger partial charge in [0.05, 0.1) is 0 Å². The van der Waals surface area contributed by atoms with Gasteiger partial charge in [0, 0.05) is 18.6 Å². The highest BCUT2D eigenvalue weighted by Gasteiger charge is 1.76. The number of hydrogen-bond donors (Lipinski definition) is 0. The van der Waals surface area contributed by atoms with Gasteiger partial charge in [-0.25, -0.2) is 4.68 Å². The zero-order chi connectivity index (χ0) is 6.53. The first kappa shape index (κ1) is 6.08. The van der Waals surface area contributed by atoms with Gasteiger partial charge in [-0.2, -0.15) is 5.10 Å². The Kier molecular flexibility index (Phi) is 2.07. The van der Waals surface area contributed by atoms with Crippen molar-refractivity contribution in [2.75, 3.05) is 0 Å². The Morgan fingerprint density at radius 2 is 2.56 bits per heavy atom. The molecule has 1 heterocycles. The van der Waals surface area contributed by atoms with Gasteiger partial charge < -0.3 is 0 Å². The van der Waals surface area contributed by atoms with Crippen molar-refractivity contribution in [2.24, 2.45) is 0 Å². The first-order valence-corrected chi connectivity index (χ1v) is 3.09. The van der Waals surface area contributed by atoms with Crippen LogP contribution in [0.2, 0.25) is 0 Å². The molecule has 0 aliphatic rings. The molecule has 0 atom stereocenters. The number of allylic oxidation sites excluding steroid dienone is 1. The predicted octanol–water partition coefficient (Wildman–Crippen LogP) is 1.76. The van der Waals surface area contributed by atoms with Crippen molar-refractivity contribution in [2.45, 2.75) is 13.3 Å². The predicted molar refractivity (Wildman–Crippen MR) is 37.8 cm³/mol. The topological polar surface area (TPSA) is 17.8 Å². The molecule has 0 radical (unpaired) electrons. The van der Waals surface area contributed by atoms with Crippen LogP contribution in [0, 0.1) is 0 Å². The molecule has 0 saturated carbocycles. The maximum Gasteiger partial charge on any atom is 0.0493 e. The molecule has 1 aromatic rings. The molecule has 0 aliphatic heterocycles. The summed E-state index contributed by atoms with van der Waals surface area (Å²) in [4.78, 5) is 0. The minimum Gasteiger partial charge on any atom is -0.249 e. The summed E-state index contributed by atoms with van der Waals surface area (Å²) in [5.74, 6) is 0. The van der Waals surface area contributed by atoms with Crippen molar-refractivity contribution in [3.63, 3.8) is 0 Å². The van der Waals surface area contributed by atoms with Crippen LogP contribution in [-0.4, -0.2) is 9.78 Å². The maximum atomic E-state index is 3.98. The molecule has 0 saturated heterocycles. The van der Waals surface area contributed by atoms with Crippen LogP contribution in [0.25, 0.3) is 6.20 Å². The summed E-state index contributed by atoms with van der Waals surface area (Å²) < 4.78 is 1.78. The molecule has 0 spiro atoms. The average molecular weight is 122 g/mol. The van der Waals surface area contributed by atoms with E-state index < -0.39 is 0 Å². The minimum atomic E-state index is 1.06. The van der Waals surface area contributed by atoms with Gasteiger partial charge in [0.15, 0.2) is 0 Å². The molecular formula is C7H10N2. The Hall–Kier alpha value is -1.05. The van der Waals surface area contributed by atoms with Crippen LogP contribution in [0.1, 0.15) is 13.3 Å². The quantitative estimate of drug-likeness (QED) is 0.584. The third-order valence-corrected chi connectivity index (χ3v) is 1.02. The Balaban J connectivity index is 2.57. The molecule has 1 rings (SSSR count). The molecule has 0 aromatic carbocycles. The molecule has 0 amide bonds. The van der Waals surface area contributed by atoms with Gasteiger partial charge in [0.25, 0.3) is 0 Å². The van der Waals surface area contributed by atoms with Crippen molar-refractivity contribution >= 4 is 6.20 Å². The Morgan fingerprint density at radius 1 is 1.67 bits per heavy atom. The van der Waals surface area contributed by atoms with E-state index in [-0.39, 0.29) is 0 Å². The highest BCUT2D eigenvalue weighted by atomic mass is 15.2. The van der Waals surface area contributed by atoms with Crippen molar-refractivity contribution in [1.29, 1.82) is 0 Å². The van der Waals surface area contributed by atoms with Gasteiger partial charge in [-0.3, -0.25) is 0 Å². The Morgan fingerprint density at radius 3 is 3.11 bits per heavy atom. The fraction of sp³-hybridized carbons (Fsp3) is 0.286. The first-order valence-electron chi connectivity index (χ1n) is 3.09. The normalized spacial score (nSPS) is 10.8. The average Bonchev–Trinajstić information content (AvgIpc) is 2.34. The molecule has 1 aromatic heterocycles. The molecule has 0 N–H and O–H groups in total. The van der Waals surface area contributed by atoms with Crippen LogP contribution in [0.3, 0.4) is 0 Å². The summed E-state index contributed by atoms with van der Waals surface area (Å²) in [5, 5.41) is 3.98. The Labute approximate surface area is 54.8 Å². The van der Waals surface area contributed by atoms with E-state index in [1.807, 2.05) is 18.5 Å². The smallest absolute Gasteiger partial charge is 0.0493 e. The van der Waals surface area contributed by atoms with Crippen LogP contribution < -0.4 is 0 Å². The second-order valence-corrected chi connectivity index (χ2v) is 1.78. The van der Waals surface area contributed by atoms with Gasteiger partial charge >= 0.3 is 0 Å². The number of hydrogen-bond acceptors (Lipinski definition) is 1. The summed E-state index contributed by atoms with van der Waals surface area (Å²) in [6, 6.07) is 1.90. The summed E-state index contributed by atoms with van der Waals surface area (Å²) in [6.45, 7) is 2.10. The van der Waals surface area contributed by atoms with E-state index in [0.29, 0.717) is 0 Å². The van der Waals surface area contributed by atoms with Gasteiger partial charge in [0.1, 0.15) is 0 Å². The molecule has 0 unspecified atom stereocenters. The van der Waals surface area contributed by atoms with E-state index in [4.69, 9.17) is 0 Å². The van der Waals surface area contributed by atoms with Crippen molar-refractivity contribution < 1.29 is 0 Å². The summed E-state index contributed by atoms with van der Waals surface area (Å²) in [7, 11) is 0. The number of aromatic nitrogens is 2. The van der Waals surface area contributed by atoms with Crippen molar-refractivity contribution in [3.05, 3.63) is 24.5 Å². The standard InChI is InChI=1S/C7H10N2/c1-2-3-6-9-7-4-5-8-9/h3-7H,2H2,1H3/b6-3+. The van der Waals surface area contributed by atoms with Crippen LogP contribution >= 0.6 is 0 Å². The molecule has 2 heteroatoms. The lowest BCUT2D eigenvalue weighted by Gasteiger charge is -1.85. The van der Waals surface area contributed by atoms with E-state index in [1.54, 1.807) is 10.9 Å². The summed E-state index contributed by atoms with van der Waals surface area (Å²) in [6.07, 6.45) is 8.74. The van der Waals surface area contributed by atoms with E-state index >= 15 is 0 Å². The molecule has 2 nitrogen and oxygen atoms in total. The SMILES string of the molecule is CC/C=C/n1cccn1. The lowest BCUT2D eigenvalue weighted by Crippen LogP contribution is -1.83. The molecule has 48 valence electrons. The molecule has 0 bridgehead atoms. The molecular weight excluding hydrogens is 112 g/mol. The third kappa shape index (κ3) is 1.72. The van der Waals surface area contributed by atoms with E-state index in [9.17, 15) is 0 Å². The van der Waals surface area contributed by atoms with E-state index in [2.05, 4.69) is 18.1 Å². The molecule has 0 fully saturated rings. The van der Waals surface area contributed by atoms with Gasteiger partial charge in [-0.1, -0.05) is 13.0 Å². The zero-order valence-electron chi connectivity index (χ0n) is 5.49. The second kappa shape index (κ2) is 3.07. The molecule has 0 aliphatic carbocycles. The van der Waals surface area contributed by atoms with Gasteiger partial charge in [-0.05, 0) is 12.5 Å². The Bertz CT molecular complexity index is 175. The van der Waals surface area contributed by atoms with Crippen LogP contribution in [-0.2, 0) is 0 Å². The zero-order valence-corrected chi connectivity index (χ0v) is 5.49. The van der Waals surface area contributed by atoms with E-state index in [1.165, 1.54) is 0 Å². The van der Waals surface area contributed by atoms with Crippen molar-refractivity contribution in [1.82, 2.24) is 9.78 Å². The lowest BCUT2D eigenvalue weighted by atomic mass is 10.5.